The molecule has 7 nitrogen and oxygen atoms in total. The Balaban J connectivity index is 1.93. The van der Waals surface area contributed by atoms with Crippen LogP contribution in [0.1, 0.15) is 18.1 Å². The topological polar surface area (TPSA) is 78.0 Å². The lowest BCUT2D eigenvalue weighted by Crippen LogP contribution is -2.54. The SMILES string of the molecule is CC(=O)N1CCN(C(=O)N(Cc2ccc(Cl)c(Cl)c2)S(=O)(=O)c2ccc(C)cc2)CC1. The van der Waals surface area contributed by atoms with Crippen molar-refractivity contribution in [1.29, 1.82) is 0 Å². The third kappa shape index (κ3) is 5.31. The van der Waals surface area contributed by atoms with Crippen molar-refractivity contribution in [2.24, 2.45) is 0 Å². The van der Waals surface area contributed by atoms with Gasteiger partial charge in [0.25, 0.3) is 10.0 Å². The number of nitrogens with zero attached hydrogens (tertiary/aromatic N) is 3. The van der Waals surface area contributed by atoms with Gasteiger partial charge >= 0.3 is 6.03 Å². The van der Waals surface area contributed by atoms with Gasteiger partial charge in [0.15, 0.2) is 0 Å². The van der Waals surface area contributed by atoms with E-state index in [0.29, 0.717) is 23.7 Å². The number of hydrogen-bond acceptors (Lipinski definition) is 4. The van der Waals surface area contributed by atoms with E-state index in [2.05, 4.69) is 0 Å². The van der Waals surface area contributed by atoms with Crippen LogP contribution in [-0.4, -0.2) is 60.6 Å². The van der Waals surface area contributed by atoms with Crippen molar-refractivity contribution in [2.45, 2.75) is 25.3 Å². The Hall–Kier alpha value is -2.29. The van der Waals surface area contributed by atoms with Crippen LogP contribution in [0.3, 0.4) is 0 Å². The number of amides is 3. The predicted octanol–water partition coefficient (Wildman–Crippen LogP) is 3.78. The normalized spacial score (nSPS) is 14.5. The zero-order valence-corrected chi connectivity index (χ0v) is 19.5. The van der Waals surface area contributed by atoms with E-state index in [4.69, 9.17) is 23.2 Å². The van der Waals surface area contributed by atoms with E-state index in [1.54, 1.807) is 35.2 Å². The molecule has 1 heterocycles. The van der Waals surface area contributed by atoms with E-state index in [-0.39, 0.29) is 35.5 Å². The number of aryl methyl sites for hydroxylation is 1. The summed E-state index contributed by atoms with van der Waals surface area (Å²) < 4.78 is 27.7. The molecule has 1 saturated heterocycles. The second-order valence-electron chi connectivity index (χ2n) is 7.35. The molecular weight excluding hydrogens is 461 g/mol. The number of benzene rings is 2. The lowest BCUT2D eigenvalue weighted by molar-refractivity contribution is -0.130. The predicted molar refractivity (Wildman–Crippen MR) is 120 cm³/mol. The molecule has 1 fully saturated rings. The molecule has 0 radical (unpaired) electrons. The van der Waals surface area contributed by atoms with Gasteiger partial charge in [-0.1, -0.05) is 47.0 Å². The fraction of sp³-hybridized carbons (Fsp3) is 0.333. The summed E-state index contributed by atoms with van der Waals surface area (Å²) in [5.41, 5.74) is 1.43. The number of halogens is 2. The third-order valence-electron chi connectivity index (χ3n) is 5.13. The second-order valence-corrected chi connectivity index (χ2v) is 10.0. The minimum absolute atomic E-state index is 0.0221. The Labute approximate surface area is 192 Å². The largest absolute Gasteiger partial charge is 0.339 e. The molecule has 0 spiro atoms. The van der Waals surface area contributed by atoms with Crippen molar-refractivity contribution in [3.8, 4) is 0 Å². The standard InChI is InChI=1S/C21H23Cl2N3O4S/c1-15-3-6-18(7-4-15)31(29,30)26(14-17-5-8-19(22)20(23)13-17)21(28)25-11-9-24(10-12-25)16(2)27/h3-8,13H,9-12,14H2,1-2H3. The molecule has 0 aromatic heterocycles. The van der Waals surface area contributed by atoms with Crippen molar-refractivity contribution in [3.63, 3.8) is 0 Å². The summed E-state index contributed by atoms with van der Waals surface area (Å²) in [6, 6.07) is 10.4. The Kier molecular flexibility index (Phi) is 7.13. The van der Waals surface area contributed by atoms with Crippen LogP contribution < -0.4 is 0 Å². The zero-order valence-electron chi connectivity index (χ0n) is 17.2. The summed E-state index contributed by atoms with van der Waals surface area (Å²) in [6.07, 6.45) is 0. The van der Waals surface area contributed by atoms with Crippen molar-refractivity contribution in [2.75, 3.05) is 26.2 Å². The van der Waals surface area contributed by atoms with Crippen molar-refractivity contribution >= 4 is 45.2 Å². The summed E-state index contributed by atoms with van der Waals surface area (Å²) in [5, 5.41) is 0.611. The second kappa shape index (κ2) is 9.46. The number of urea groups is 1. The minimum Gasteiger partial charge on any atom is -0.339 e. The van der Waals surface area contributed by atoms with Crippen molar-refractivity contribution < 1.29 is 18.0 Å². The quantitative estimate of drug-likeness (QED) is 0.662. The highest BCUT2D eigenvalue weighted by atomic mass is 35.5. The van der Waals surface area contributed by atoms with Gasteiger partial charge in [0.05, 0.1) is 21.5 Å². The van der Waals surface area contributed by atoms with Crippen LogP contribution in [-0.2, 0) is 21.4 Å². The number of rotatable bonds is 4. The first-order chi connectivity index (χ1) is 14.6. The first-order valence-corrected chi connectivity index (χ1v) is 11.9. The lowest BCUT2D eigenvalue weighted by Gasteiger charge is -2.36. The molecular formula is C21H23Cl2N3O4S. The zero-order chi connectivity index (χ0) is 22.8. The molecule has 10 heteroatoms. The average Bonchev–Trinajstić information content (AvgIpc) is 2.74. The van der Waals surface area contributed by atoms with Crippen molar-refractivity contribution in [1.82, 2.24) is 14.1 Å². The van der Waals surface area contributed by atoms with Gasteiger partial charge < -0.3 is 9.80 Å². The van der Waals surface area contributed by atoms with E-state index >= 15 is 0 Å². The van der Waals surface area contributed by atoms with Crippen LogP contribution in [0.25, 0.3) is 0 Å². The van der Waals surface area contributed by atoms with Gasteiger partial charge in [-0.15, -0.1) is 0 Å². The molecule has 2 aromatic rings. The summed E-state index contributed by atoms with van der Waals surface area (Å²) in [6.45, 7) is 4.33. The van der Waals surface area contributed by atoms with Gasteiger partial charge in [0.1, 0.15) is 0 Å². The summed E-state index contributed by atoms with van der Waals surface area (Å²) in [5.74, 6) is -0.0768. The Morgan fingerprint density at radius 2 is 1.52 bits per heavy atom. The van der Waals surface area contributed by atoms with Gasteiger partial charge in [-0.2, -0.15) is 0 Å². The first-order valence-electron chi connectivity index (χ1n) is 9.67. The molecule has 166 valence electrons. The van der Waals surface area contributed by atoms with Gasteiger partial charge in [-0.25, -0.2) is 17.5 Å². The van der Waals surface area contributed by atoms with E-state index in [1.807, 2.05) is 6.92 Å². The number of hydrogen-bond donors (Lipinski definition) is 0. The summed E-state index contributed by atoms with van der Waals surface area (Å²) in [4.78, 5) is 28.0. The van der Waals surface area contributed by atoms with Crippen LogP contribution >= 0.6 is 23.2 Å². The smallest absolute Gasteiger partial charge is 0.334 e. The first kappa shape index (κ1) is 23.4. The molecule has 1 aliphatic rings. The van der Waals surface area contributed by atoms with Crippen LogP contribution in [0.4, 0.5) is 4.79 Å². The minimum atomic E-state index is -4.13. The van der Waals surface area contributed by atoms with E-state index in [0.717, 1.165) is 9.87 Å². The maximum absolute atomic E-state index is 13.4. The fourth-order valence-corrected chi connectivity index (χ4v) is 4.96. The molecule has 3 amide bonds. The summed E-state index contributed by atoms with van der Waals surface area (Å²) in [7, 11) is -4.13. The molecule has 2 aromatic carbocycles. The molecule has 0 unspecified atom stereocenters. The van der Waals surface area contributed by atoms with Crippen LogP contribution in [0.15, 0.2) is 47.4 Å². The summed E-state index contributed by atoms with van der Waals surface area (Å²) >= 11 is 12.1. The van der Waals surface area contributed by atoms with E-state index in [1.165, 1.54) is 24.0 Å². The van der Waals surface area contributed by atoms with Gasteiger partial charge in [-0.3, -0.25) is 4.79 Å². The number of piperazine rings is 1. The van der Waals surface area contributed by atoms with Crippen LogP contribution in [0, 0.1) is 6.92 Å². The molecule has 0 atom stereocenters. The molecule has 31 heavy (non-hydrogen) atoms. The lowest BCUT2D eigenvalue weighted by atomic mass is 10.2. The highest BCUT2D eigenvalue weighted by Gasteiger charge is 2.34. The van der Waals surface area contributed by atoms with Gasteiger partial charge in [0.2, 0.25) is 5.91 Å². The molecule has 0 aliphatic carbocycles. The monoisotopic (exact) mass is 483 g/mol. The highest BCUT2D eigenvalue weighted by Crippen LogP contribution is 2.26. The van der Waals surface area contributed by atoms with E-state index in [9.17, 15) is 18.0 Å². The Morgan fingerprint density at radius 3 is 2.06 bits per heavy atom. The van der Waals surface area contributed by atoms with Crippen molar-refractivity contribution in [3.05, 3.63) is 63.6 Å². The van der Waals surface area contributed by atoms with Gasteiger partial charge in [-0.05, 0) is 36.8 Å². The molecule has 0 saturated carbocycles. The third-order valence-corrected chi connectivity index (χ3v) is 7.60. The fourth-order valence-electron chi connectivity index (χ4n) is 3.27. The number of carbonyl (C=O) groups is 2. The van der Waals surface area contributed by atoms with E-state index < -0.39 is 16.1 Å². The maximum atomic E-state index is 13.4. The number of sulfonamides is 1. The number of carbonyl (C=O) groups excluding carboxylic acids is 2. The highest BCUT2D eigenvalue weighted by molar-refractivity contribution is 7.89. The molecule has 0 bridgehead atoms. The molecule has 1 aliphatic heterocycles. The van der Waals surface area contributed by atoms with Crippen LogP contribution in [0.5, 0.6) is 0 Å². The maximum Gasteiger partial charge on any atom is 0.334 e. The average molecular weight is 484 g/mol. The molecule has 0 N–H and O–H groups in total. The molecule has 3 rings (SSSR count). The van der Waals surface area contributed by atoms with Crippen LogP contribution in [0.2, 0.25) is 10.0 Å². The van der Waals surface area contributed by atoms with Gasteiger partial charge in [0, 0.05) is 33.1 Å². The Morgan fingerprint density at radius 1 is 0.935 bits per heavy atom. The Bertz CT molecular complexity index is 1080.